The van der Waals surface area contributed by atoms with Crippen LogP contribution in [0.5, 0.6) is 0 Å². The molecule has 0 aliphatic rings. The van der Waals surface area contributed by atoms with Crippen molar-refractivity contribution in [1.82, 2.24) is 0 Å². The molecule has 0 bridgehead atoms. The van der Waals surface area contributed by atoms with Gasteiger partial charge in [-0.25, -0.2) is 0 Å². The molecule has 0 rings (SSSR count). The third kappa shape index (κ3) is 85.9. The molecule has 0 aromatic heterocycles. The molecule has 0 atom stereocenters. The van der Waals surface area contributed by atoms with Crippen molar-refractivity contribution in [1.29, 1.82) is 0 Å². The van der Waals surface area contributed by atoms with Crippen molar-refractivity contribution < 1.29 is 23.2 Å². The van der Waals surface area contributed by atoms with Gasteiger partial charge in [-0.3, -0.25) is 0 Å². The molecule has 0 saturated heterocycles. The van der Waals surface area contributed by atoms with Crippen LogP contribution in [0.15, 0.2) is 0 Å². The molecule has 0 aliphatic carbocycles. The zero-order chi connectivity index (χ0) is 4.50. The fraction of sp³-hybridized carbons (Fsp3) is 0. The van der Waals surface area contributed by atoms with E-state index in [1.807, 2.05) is 0 Å². The summed E-state index contributed by atoms with van der Waals surface area (Å²) in [6, 6.07) is 0. The maximum atomic E-state index is 2.53. The number of hydrogen-bond acceptors (Lipinski definition) is 0. The summed E-state index contributed by atoms with van der Waals surface area (Å²) in [7, 11) is 0. The SMILES string of the molecule is O.O.O.O.[I][Mo]([I])([I])[I]. The Balaban J connectivity index is -0.0000000133. The molecule has 66 valence electrons. The van der Waals surface area contributed by atoms with Crippen molar-refractivity contribution >= 4 is 77.4 Å². The van der Waals surface area contributed by atoms with E-state index in [0.717, 1.165) is 0 Å². The van der Waals surface area contributed by atoms with E-state index in [1.54, 1.807) is 0 Å². The van der Waals surface area contributed by atoms with Crippen LogP contribution in [-0.2, 0) is 1.33 Å². The van der Waals surface area contributed by atoms with E-state index in [1.165, 1.54) is 0 Å². The number of hydrogen-bond donors (Lipinski definition) is 0. The summed E-state index contributed by atoms with van der Waals surface area (Å²) >= 11 is 10.1. The topological polar surface area (TPSA) is 126 Å². The molecule has 0 aliphatic heterocycles. The summed E-state index contributed by atoms with van der Waals surface area (Å²) in [6.45, 7) is 0. The van der Waals surface area contributed by atoms with Gasteiger partial charge >= 0.3 is 78.7 Å². The number of rotatable bonds is 0. The predicted octanol–water partition coefficient (Wildman–Crippen LogP) is 0.241. The first kappa shape index (κ1) is 29.4. The Hall–Kier alpha value is 3.45. The Morgan fingerprint density at radius 3 is 0.556 bits per heavy atom. The van der Waals surface area contributed by atoms with Crippen LogP contribution >= 0.6 is 77.4 Å². The molecule has 0 spiro atoms. The predicted molar refractivity (Wildman–Crippen MR) is 70.5 cm³/mol. The molecule has 0 unspecified atom stereocenters. The minimum atomic E-state index is -1.14. The van der Waals surface area contributed by atoms with Crippen molar-refractivity contribution in [2.45, 2.75) is 0 Å². The van der Waals surface area contributed by atoms with Crippen molar-refractivity contribution in [2.24, 2.45) is 0 Å². The third-order valence-corrected chi connectivity index (χ3v) is 0. The average molecular weight is 676 g/mol. The van der Waals surface area contributed by atoms with Gasteiger partial charge in [0, 0.05) is 0 Å². The fourth-order valence-electron chi connectivity index (χ4n) is 0. The molecule has 0 aromatic carbocycles. The van der Waals surface area contributed by atoms with Gasteiger partial charge in [-0.15, -0.1) is 0 Å². The molecule has 9 heteroatoms. The first-order valence-corrected chi connectivity index (χ1v) is 24.5. The first-order chi connectivity index (χ1) is 2.00. The van der Waals surface area contributed by atoms with Crippen LogP contribution in [0.25, 0.3) is 0 Å². The molecular weight excluding hydrogens is 668 g/mol. The summed E-state index contributed by atoms with van der Waals surface area (Å²) in [5.41, 5.74) is 0. The standard InChI is InChI=1S/4HI.Mo.4H2O/h4*1H;;4*1H2/q;;;;+4;;;;/p-4. The third-order valence-electron chi connectivity index (χ3n) is 0. The minimum absolute atomic E-state index is 0. The van der Waals surface area contributed by atoms with Gasteiger partial charge in [-0.1, -0.05) is 0 Å². The van der Waals surface area contributed by atoms with Crippen LogP contribution in [0.1, 0.15) is 0 Å². The monoisotopic (exact) mass is 678 g/mol. The average Bonchev–Trinajstić information content (AvgIpc) is 0.722. The van der Waals surface area contributed by atoms with E-state index in [0.29, 0.717) is 0 Å². The normalized spacial score (nSPS) is 8.44. The van der Waals surface area contributed by atoms with E-state index in [-0.39, 0.29) is 21.9 Å². The number of halogens is 4. The zero-order valence-electron chi connectivity index (χ0n) is 3.92. The maximum absolute atomic E-state index is 2.53. The summed E-state index contributed by atoms with van der Waals surface area (Å²) in [4.78, 5) is 0. The molecule has 4 nitrogen and oxygen atoms in total. The Labute approximate surface area is 98.0 Å². The van der Waals surface area contributed by atoms with Crippen molar-refractivity contribution in [2.75, 3.05) is 0 Å². The van der Waals surface area contributed by atoms with E-state index in [4.69, 9.17) is 0 Å². The fourth-order valence-corrected chi connectivity index (χ4v) is 0. The van der Waals surface area contributed by atoms with Crippen LogP contribution in [-0.4, -0.2) is 21.9 Å². The molecule has 0 aromatic rings. The molecule has 0 amide bonds. The van der Waals surface area contributed by atoms with Gasteiger partial charge in [0.25, 0.3) is 0 Å². The van der Waals surface area contributed by atoms with Gasteiger partial charge < -0.3 is 21.9 Å². The zero-order valence-corrected chi connectivity index (χ0v) is 14.6. The van der Waals surface area contributed by atoms with E-state index >= 15 is 0 Å². The summed E-state index contributed by atoms with van der Waals surface area (Å²) < 4.78 is -1.14. The van der Waals surface area contributed by atoms with Crippen LogP contribution < -0.4 is 0 Å². The van der Waals surface area contributed by atoms with Gasteiger partial charge in [-0.2, -0.15) is 0 Å². The van der Waals surface area contributed by atoms with Crippen molar-refractivity contribution in [3.8, 4) is 0 Å². The van der Waals surface area contributed by atoms with Gasteiger partial charge in [-0.05, 0) is 0 Å². The summed E-state index contributed by atoms with van der Waals surface area (Å²) in [5, 5.41) is 0. The van der Waals surface area contributed by atoms with Crippen LogP contribution in [0, 0.1) is 0 Å². The molecule has 0 saturated carbocycles. The molecule has 0 heterocycles. The van der Waals surface area contributed by atoms with E-state index in [2.05, 4.69) is 77.4 Å². The Morgan fingerprint density at radius 2 is 0.556 bits per heavy atom. The van der Waals surface area contributed by atoms with E-state index in [9.17, 15) is 0 Å². The van der Waals surface area contributed by atoms with Gasteiger partial charge in [0.15, 0.2) is 0 Å². The molecule has 8 N–H and O–H groups in total. The van der Waals surface area contributed by atoms with Crippen LogP contribution in [0.4, 0.5) is 0 Å². The summed E-state index contributed by atoms with van der Waals surface area (Å²) in [6.07, 6.45) is 0. The van der Waals surface area contributed by atoms with Gasteiger partial charge in [0.2, 0.25) is 0 Å². The molecule has 0 radical (unpaired) electrons. The Morgan fingerprint density at radius 1 is 0.556 bits per heavy atom. The second kappa shape index (κ2) is 14.0. The Bertz CT molecular complexity index is 28.0. The van der Waals surface area contributed by atoms with Gasteiger partial charge in [0.1, 0.15) is 0 Å². The van der Waals surface area contributed by atoms with Gasteiger partial charge in [0.05, 0.1) is 0 Å². The first-order valence-electron chi connectivity index (χ1n) is 0.617. The molecule has 9 heavy (non-hydrogen) atoms. The van der Waals surface area contributed by atoms with E-state index < -0.39 is 1.33 Å². The van der Waals surface area contributed by atoms with Crippen LogP contribution in [0.3, 0.4) is 0 Å². The second-order valence-corrected chi connectivity index (χ2v) is 93.2. The molecule has 0 fully saturated rings. The Kier molecular flexibility index (Phi) is 45.7. The molecular formula is H8I4MoO4. The van der Waals surface area contributed by atoms with Crippen molar-refractivity contribution in [3.63, 3.8) is 0 Å². The summed E-state index contributed by atoms with van der Waals surface area (Å²) in [5.74, 6) is 0. The quantitative estimate of drug-likeness (QED) is 0.258. The second-order valence-electron chi connectivity index (χ2n) is 0.350. The van der Waals surface area contributed by atoms with Crippen LogP contribution in [0.2, 0.25) is 0 Å². The van der Waals surface area contributed by atoms with Crippen molar-refractivity contribution in [3.05, 3.63) is 0 Å².